The van der Waals surface area contributed by atoms with Crippen molar-refractivity contribution in [3.8, 4) is 11.5 Å². The minimum absolute atomic E-state index is 0.0664. The number of carboxylic acid groups (broad SMARTS) is 1. The van der Waals surface area contributed by atoms with E-state index in [9.17, 15) is 14.0 Å². The minimum Gasteiger partial charge on any atom is -0.493 e. The second-order valence-corrected chi connectivity index (χ2v) is 4.78. The van der Waals surface area contributed by atoms with E-state index < -0.39 is 24.1 Å². The highest BCUT2D eigenvalue weighted by Gasteiger charge is 2.46. The lowest BCUT2D eigenvalue weighted by molar-refractivity contribution is -0.150. The summed E-state index contributed by atoms with van der Waals surface area (Å²) >= 11 is 0. The zero-order valence-corrected chi connectivity index (χ0v) is 11.5. The van der Waals surface area contributed by atoms with Gasteiger partial charge in [0.05, 0.1) is 13.7 Å². The lowest BCUT2D eigenvalue weighted by atomic mass is 10.1. The normalized spacial score (nSPS) is 21.1. The number of para-hydroxylation sites is 2. The highest BCUT2D eigenvalue weighted by atomic mass is 19.1. The number of rotatable bonds is 5. The molecule has 6 nitrogen and oxygen atoms in total. The summed E-state index contributed by atoms with van der Waals surface area (Å²) in [6, 6.07) is 6.83. The van der Waals surface area contributed by atoms with E-state index in [0.717, 1.165) is 4.90 Å². The Morgan fingerprint density at radius 2 is 2.05 bits per heavy atom. The Bertz CT molecular complexity index is 550. The van der Waals surface area contributed by atoms with E-state index in [1.807, 2.05) is 0 Å². The molecule has 1 aliphatic rings. The van der Waals surface area contributed by atoms with E-state index in [0.29, 0.717) is 11.5 Å². The van der Waals surface area contributed by atoms with Crippen LogP contribution in [-0.2, 0) is 9.59 Å². The number of carbonyl (C=O) groups excluding carboxylic acids is 1. The fourth-order valence-electron chi connectivity index (χ4n) is 2.13. The molecule has 1 aromatic rings. The molecule has 0 radical (unpaired) electrons. The van der Waals surface area contributed by atoms with Crippen molar-refractivity contribution in [3.05, 3.63) is 24.3 Å². The van der Waals surface area contributed by atoms with Crippen LogP contribution in [0.15, 0.2) is 24.3 Å². The molecule has 2 rings (SSSR count). The highest BCUT2D eigenvalue weighted by molar-refractivity contribution is 5.83. The first-order valence-corrected chi connectivity index (χ1v) is 6.42. The number of hydrogen-bond acceptors (Lipinski definition) is 4. The third-order valence-corrected chi connectivity index (χ3v) is 3.38. The summed E-state index contributed by atoms with van der Waals surface area (Å²) < 4.78 is 24.3. The number of aliphatic carboxylic acids is 1. The summed E-state index contributed by atoms with van der Waals surface area (Å²) in [7, 11) is 1.48. The van der Waals surface area contributed by atoms with Crippen LogP contribution in [0.3, 0.4) is 0 Å². The van der Waals surface area contributed by atoms with Gasteiger partial charge in [0.2, 0.25) is 5.67 Å². The van der Waals surface area contributed by atoms with Crippen molar-refractivity contribution in [1.29, 1.82) is 0 Å². The van der Waals surface area contributed by atoms with Gasteiger partial charge in [-0.15, -0.1) is 0 Å². The zero-order chi connectivity index (χ0) is 15.5. The first-order valence-electron chi connectivity index (χ1n) is 6.42. The third-order valence-electron chi connectivity index (χ3n) is 3.38. The van der Waals surface area contributed by atoms with Crippen molar-refractivity contribution < 1.29 is 28.6 Å². The van der Waals surface area contributed by atoms with Crippen LogP contribution in [0.5, 0.6) is 11.5 Å². The van der Waals surface area contributed by atoms with Gasteiger partial charge in [0.25, 0.3) is 5.91 Å². The summed E-state index contributed by atoms with van der Waals surface area (Å²) in [5, 5.41) is 8.79. The molecule has 0 saturated carbocycles. The van der Waals surface area contributed by atoms with Crippen molar-refractivity contribution in [2.24, 2.45) is 0 Å². The molecule has 0 aliphatic carbocycles. The van der Waals surface area contributed by atoms with Gasteiger partial charge in [-0.25, -0.2) is 9.18 Å². The van der Waals surface area contributed by atoms with Crippen LogP contribution in [0, 0.1) is 0 Å². The average Bonchev–Trinajstić information content (AvgIpc) is 2.89. The van der Waals surface area contributed by atoms with Crippen molar-refractivity contribution in [2.75, 3.05) is 26.8 Å². The number of methoxy groups -OCH3 is 1. The van der Waals surface area contributed by atoms with Gasteiger partial charge in [-0.2, -0.15) is 0 Å². The zero-order valence-electron chi connectivity index (χ0n) is 11.5. The Labute approximate surface area is 121 Å². The molecule has 1 unspecified atom stereocenters. The third kappa shape index (κ3) is 3.24. The van der Waals surface area contributed by atoms with E-state index in [4.69, 9.17) is 14.6 Å². The van der Waals surface area contributed by atoms with Gasteiger partial charge in [-0.1, -0.05) is 12.1 Å². The first-order chi connectivity index (χ1) is 9.96. The first kappa shape index (κ1) is 15.1. The number of alkyl halides is 1. The molecule has 1 fully saturated rings. The predicted octanol–water partition coefficient (Wildman–Crippen LogP) is 1.10. The molecule has 1 aliphatic heterocycles. The fraction of sp³-hybridized carbons (Fsp3) is 0.429. The fourth-order valence-corrected chi connectivity index (χ4v) is 2.13. The summed E-state index contributed by atoms with van der Waals surface area (Å²) in [4.78, 5) is 23.9. The van der Waals surface area contributed by atoms with E-state index in [1.54, 1.807) is 24.3 Å². The standard InChI is InChI=1S/C14H16FNO5/c1-20-10-4-2-3-5-11(10)21-8-12(17)16-7-6-14(15,9-16)13(18)19/h2-5H,6-9H2,1H3,(H,18,19). The molecule has 1 heterocycles. The Balaban J connectivity index is 1.93. The van der Waals surface area contributed by atoms with Crippen LogP contribution >= 0.6 is 0 Å². The van der Waals surface area contributed by atoms with Crippen molar-refractivity contribution >= 4 is 11.9 Å². The molecule has 1 aromatic carbocycles. The lowest BCUT2D eigenvalue weighted by Gasteiger charge is -2.18. The molecular formula is C14H16FNO5. The van der Waals surface area contributed by atoms with E-state index in [2.05, 4.69) is 0 Å². The van der Waals surface area contributed by atoms with Crippen LogP contribution < -0.4 is 9.47 Å². The maximum atomic E-state index is 13.9. The second kappa shape index (κ2) is 5.99. The number of ether oxygens (including phenoxy) is 2. The van der Waals surface area contributed by atoms with E-state index >= 15 is 0 Å². The van der Waals surface area contributed by atoms with E-state index in [1.165, 1.54) is 7.11 Å². The van der Waals surface area contributed by atoms with Crippen LogP contribution in [-0.4, -0.2) is 54.4 Å². The van der Waals surface area contributed by atoms with Crippen LogP contribution in [0.2, 0.25) is 0 Å². The van der Waals surface area contributed by atoms with Crippen LogP contribution in [0.25, 0.3) is 0 Å². The summed E-state index contributed by atoms with van der Waals surface area (Å²) in [6.07, 6.45) is -0.206. The molecule has 1 N–H and O–H groups in total. The van der Waals surface area contributed by atoms with Crippen molar-refractivity contribution in [3.63, 3.8) is 0 Å². The Morgan fingerprint density at radius 3 is 2.62 bits per heavy atom. The monoisotopic (exact) mass is 297 g/mol. The Kier molecular flexibility index (Phi) is 4.30. The van der Waals surface area contributed by atoms with Crippen molar-refractivity contribution in [1.82, 2.24) is 4.90 Å². The maximum Gasteiger partial charge on any atom is 0.343 e. The lowest BCUT2D eigenvalue weighted by Crippen LogP contribution is -2.40. The molecule has 0 aromatic heterocycles. The smallest absolute Gasteiger partial charge is 0.343 e. The molecule has 21 heavy (non-hydrogen) atoms. The van der Waals surface area contributed by atoms with Gasteiger partial charge in [0.1, 0.15) is 0 Å². The average molecular weight is 297 g/mol. The molecule has 0 spiro atoms. The second-order valence-electron chi connectivity index (χ2n) is 4.78. The van der Waals surface area contributed by atoms with Gasteiger partial charge in [-0.05, 0) is 12.1 Å². The molecule has 1 amide bonds. The molecule has 1 saturated heterocycles. The summed E-state index contributed by atoms with van der Waals surface area (Å²) in [5.74, 6) is -1.11. The molecular weight excluding hydrogens is 281 g/mol. The summed E-state index contributed by atoms with van der Waals surface area (Å²) in [6.45, 7) is -0.677. The minimum atomic E-state index is -2.36. The highest BCUT2D eigenvalue weighted by Crippen LogP contribution is 2.27. The number of benzene rings is 1. The Hall–Kier alpha value is -2.31. The quantitative estimate of drug-likeness (QED) is 0.880. The number of amides is 1. The van der Waals surface area contributed by atoms with Gasteiger partial charge in [0.15, 0.2) is 18.1 Å². The summed E-state index contributed by atoms with van der Waals surface area (Å²) in [5.41, 5.74) is -2.36. The number of halogens is 1. The molecule has 7 heteroatoms. The number of likely N-dealkylation sites (tertiary alicyclic amines) is 1. The molecule has 114 valence electrons. The number of hydrogen-bond donors (Lipinski definition) is 1. The van der Waals surface area contributed by atoms with Crippen LogP contribution in [0.1, 0.15) is 6.42 Å². The van der Waals surface area contributed by atoms with E-state index in [-0.39, 0.29) is 19.6 Å². The number of carbonyl (C=O) groups is 2. The van der Waals surface area contributed by atoms with Gasteiger partial charge < -0.3 is 19.5 Å². The predicted molar refractivity (Wildman–Crippen MR) is 71.2 cm³/mol. The Morgan fingerprint density at radius 1 is 1.38 bits per heavy atom. The SMILES string of the molecule is COc1ccccc1OCC(=O)N1CCC(F)(C(=O)O)C1. The van der Waals surface area contributed by atoms with Gasteiger partial charge in [0, 0.05) is 13.0 Å². The van der Waals surface area contributed by atoms with Gasteiger partial charge >= 0.3 is 5.97 Å². The topological polar surface area (TPSA) is 76.1 Å². The number of nitrogens with zero attached hydrogens (tertiary/aromatic N) is 1. The molecule has 0 bridgehead atoms. The largest absolute Gasteiger partial charge is 0.493 e. The number of carboxylic acids is 1. The van der Waals surface area contributed by atoms with Gasteiger partial charge in [-0.3, -0.25) is 4.79 Å². The van der Waals surface area contributed by atoms with Crippen molar-refractivity contribution in [2.45, 2.75) is 12.1 Å². The van der Waals surface area contributed by atoms with Crippen LogP contribution in [0.4, 0.5) is 4.39 Å². The molecule has 1 atom stereocenters. The maximum absolute atomic E-state index is 13.9.